The molecule has 0 fully saturated rings. The molecule has 9 nitrogen and oxygen atoms in total. The highest BCUT2D eigenvalue weighted by molar-refractivity contribution is 6.05. The SMILES string of the molecule is CCn1ccc(C(=O)/C=C/c2ccc(Cn3ccc([N+](=O)[O-])n3)o2)n1. The summed E-state index contributed by atoms with van der Waals surface area (Å²) in [5.41, 5.74) is 0.369. The fourth-order valence-corrected chi connectivity index (χ4v) is 2.18. The minimum Gasteiger partial charge on any atom is -0.460 e. The molecule has 0 spiro atoms. The van der Waals surface area contributed by atoms with Crippen LogP contribution in [0.4, 0.5) is 5.82 Å². The zero-order chi connectivity index (χ0) is 17.8. The summed E-state index contributed by atoms with van der Waals surface area (Å²) in [6, 6.07) is 6.41. The zero-order valence-electron chi connectivity index (χ0n) is 13.4. The van der Waals surface area contributed by atoms with Crippen molar-refractivity contribution in [1.82, 2.24) is 19.6 Å². The van der Waals surface area contributed by atoms with E-state index < -0.39 is 4.92 Å². The summed E-state index contributed by atoms with van der Waals surface area (Å²) >= 11 is 0. The fourth-order valence-electron chi connectivity index (χ4n) is 2.18. The van der Waals surface area contributed by atoms with Gasteiger partial charge >= 0.3 is 5.82 Å². The predicted molar refractivity (Wildman–Crippen MR) is 88.0 cm³/mol. The van der Waals surface area contributed by atoms with Crippen LogP contribution in [0.3, 0.4) is 0 Å². The number of hydrogen-bond donors (Lipinski definition) is 0. The van der Waals surface area contributed by atoms with Crippen molar-refractivity contribution in [2.24, 2.45) is 0 Å². The van der Waals surface area contributed by atoms with E-state index in [0.717, 1.165) is 0 Å². The molecule has 0 unspecified atom stereocenters. The van der Waals surface area contributed by atoms with E-state index in [1.807, 2.05) is 6.92 Å². The summed E-state index contributed by atoms with van der Waals surface area (Å²) < 4.78 is 8.66. The molecule has 0 amide bonds. The Kier molecular flexibility index (Phi) is 4.55. The second-order valence-corrected chi connectivity index (χ2v) is 5.19. The van der Waals surface area contributed by atoms with Crippen LogP contribution in [-0.2, 0) is 13.1 Å². The molecule has 3 rings (SSSR count). The van der Waals surface area contributed by atoms with E-state index in [4.69, 9.17) is 4.42 Å². The molecule has 0 saturated carbocycles. The second kappa shape index (κ2) is 6.95. The monoisotopic (exact) mass is 341 g/mol. The van der Waals surface area contributed by atoms with Crippen LogP contribution in [0.5, 0.6) is 0 Å². The molecule has 9 heteroatoms. The second-order valence-electron chi connectivity index (χ2n) is 5.19. The minimum absolute atomic E-state index is 0.215. The quantitative estimate of drug-likeness (QED) is 0.283. The van der Waals surface area contributed by atoms with Crippen molar-refractivity contribution in [1.29, 1.82) is 0 Å². The van der Waals surface area contributed by atoms with Gasteiger partial charge in [0.15, 0.2) is 0 Å². The lowest BCUT2D eigenvalue weighted by Gasteiger charge is -1.93. The predicted octanol–water partition coefficient (Wildman–Crippen LogP) is 2.55. The van der Waals surface area contributed by atoms with E-state index in [2.05, 4.69) is 10.2 Å². The summed E-state index contributed by atoms with van der Waals surface area (Å²) in [6.07, 6.45) is 6.20. The van der Waals surface area contributed by atoms with E-state index >= 15 is 0 Å². The van der Waals surface area contributed by atoms with E-state index in [-0.39, 0.29) is 18.1 Å². The topological polar surface area (TPSA) is 109 Å². The number of hydrogen-bond acceptors (Lipinski definition) is 6. The van der Waals surface area contributed by atoms with Crippen LogP contribution in [0.1, 0.15) is 28.9 Å². The van der Waals surface area contributed by atoms with Crippen molar-refractivity contribution >= 4 is 17.7 Å². The maximum atomic E-state index is 12.0. The molecule has 25 heavy (non-hydrogen) atoms. The standard InChI is InChI=1S/C16H15N5O4/c1-2-19-9-7-14(17-19)15(22)6-5-12-3-4-13(25-12)11-20-10-8-16(18-20)21(23)24/h3-10H,2,11H2,1H3/b6-5+. The lowest BCUT2D eigenvalue weighted by Crippen LogP contribution is -2.00. The largest absolute Gasteiger partial charge is 0.460 e. The molecule has 3 aromatic rings. The average molecular weight is 341 g/mol. The number of allylic oxidation sites excluding steroid dienone is 1. The first-order valence-corrected chi connectivity index (χ1v) is 7.57. The van der Waals surface area contributed by atoms with Crippen molar-refractivity contribution in [2.45, 2.75) is 20.0 Å². The van der Waals surface area contributed by atoms with Crippen molar-refractivity contribution in [2.75, 3.05) is 0 Å². The lowest BCUT2D eigenvalue weighted by molar-refractivity contribution is -0.389. The molecule has 0 bridgehead atoms. The van der Waals surface area contributed by atoms with E-state index in [0.29, 0.717) is 23.8 Å². The van der Waals surface area contributed by atoms with Gasteiger partial charge < -0.3 is 14.5 Å². The van der Waals surface area contributed by atoms with Gasteiger partial charge in [-0.15, -0.1) is 0 Å². The van der Waals surface area contributed by atoms with Crippen LogP contribution in [0.15, 0.2) is 47.2 Å². The van der Waals surface area contributed by atoms with Gasteiger partial charge in [-0.1, -0.05) is 0 Å². The number of furan rings is 1. The third kappa shape index (κ3) is 3.89. The van der Waals surface area contributed by atoms with E-state index in [1.54, 1.807) is 35.2 Å². The number of aromatic nitrogens is 4. The van der Waals surface area contributed by atoms with Gasteiger partial charge in [0.05, 0.1) is 17.4 Å². The lowest BCUT2D eigenvalue weighted by atomic mass is 10.2. The molecule has 3 heterocycles. The first kappa shape index (κ1) is 16.4. The highest BCUT2D eigenvalue weighted by Crippen LogP contribution is 2.13. The zero-order valence-corrected chi connectivity index (χ0v) is 13.4. The smallest absolute Gasteiger partial charge is 0.389 e. The highest BCUT2D eigenvalue weighted by atomic mass is 16.6. The van der Waals surface area contributed by atoms with Crippen LogP contribution in [0, 0.1) is 10.1 Å². The highest BCUT2D eigenvalue weighted by Gasteiger charge is 2.12. The summed E-state index contributed by atoms with van der Waals surface area (Å²) in [6.45, 7) is 2.90. The van der Waals surface area contributed by atoms with Crippen LogP contribution >= 0.6 is 0 Å². The molecule has 0 aliphatic carbocycles. The molecule has 3 aromatic heterocycles. The normalized spacial score (nSPS) is 11.2. The number of aryl methyl sites for hydroxylation is 1. The van der Waals surface area contributed by atoms with Gasteiger partial charge in [-0.05, 0) is 42.2 Å². The number of carbonyl (C=O) groups is 1. The maximum absolute atomic E-state index is 12.0. The average Bonchev–Trinajstić information content (AvgIpc) is 3.33. The molecule has 0 atom stereocenters. The number of rotatable bonds is 7. The Morgan fingerprint density at radius 2 is 2.04 bits per heavy atom. The molecular formula is C16H15N5O4. The summed E-state index contributed by atoms with van der Waals surface area (Å²) in [4.78, 5) is 22.1. The Bertz CT molecular complexity index is 934. The Morgan fingerprint density at radius 3 is 2.72 bits per heavy atom. The molecule has 0 saturated heterocycles. The molecular weight excluding hydrogens is 326 g/mol. The summed E-state index contributed by atoms with van der Waals surface area (Å²) in [5.74, 6) is 0.636. The van der Waals surface area contributed by atoms with Gasteiger partial charge in [0.25, 0.3) is 0 Å². The number of nitro groups is 1. The van der Waals surface area contributed by atoms with E-state index in [1.165, 1.54) is 23.0 Å². The van der Waals surface area contributed by atoms with Gasteiger partial charge in [0.2, 0.25) is 5.78 Å². The first-order valence-electron chi connectivity index (χ1n) is 7.57. The van der Waals surface area contributed by atoms with Crippen LogP contribution in [0.25, 0.3) is 6.08 Å². The third-order valence-electron chi connectivity index (χ3n) is 3.43. The third-order valence-corrected chi connectivity index (χ3v) is 3.43. The van der Waals surface area contributed by atoms with Crippen molar-refractivity contribution in [3.63, 3.8) is 0 Å². The van der Waals surface area contributed by atoms with Crippen LogP contribution in [0.2, 0.25) is 0 Å². The molecule has 0 aliphatic heterocycles. The molecule has 0 aliphatic rings. The van der Waals surface area contributed by atoms with Crippen LogP contribution in [-0.4, -0.2) is 30.3 Å². The van der Waals surface area contributed by atoms with Crippen molar-refractivity contribution in [3.8, 4) is 0 Å². The Balaban J connectivity index is 1.64. The molecule has 0 radical (unpaired) electrons. The number of carbonyl (C=O) groups excluding carboxylic acids is 1. The first-order chi connectivity index (χ1) is 12.0. The Hall–Kier alpha value is -3.49. The van der Waals surface area contributed by atoms with Gasteiger partial charge in [0.1, 0.15) is 23.8 Å². The Morgan fingerprint density at radius 1 is 1.24 bits per heavy atom. The number of nitrogens with zero attached hydrogens (tertiary/aromatic N) is 5. The van der Waals surface area contributed by atoms with E-state index in [9.17, 15) is 14.9 Å². The van der Waals surface area contributed by atoms with Gasteiger partial charge in [-0.2, -0.15) is 9.78 Å². The van der Waals surface area contributed by atoms with Gasteiger partial charge in [-0.3, -0.25) is 9.48 Å². The number of ketones is 1. The van der Waals surface area contributed by atoms with Crippen molar-refractivity contribution in [3.05, 3.63) is 70.1 Å². The maximum Gasteiger partial charge on any atom is 0.389 e. The van der Waals surface area contributed by atoms with Crippen molar-refractivity contribution < 1.29 is 14.1 Å². The molecule has 0 aromatic carbocycles. The summed E-state index contributed by atoms with van der Waals surface area (Å²) in [5, 5.41) is 18.6. The van der Waals surface area contributed by atoms with Gasteiger partial charge in [-0.25, -0.2) is 0 Å². The fraction of sp³-hybridized carbons (Fsp3) is 0.188. The minimum atomic E-state index is -0.557. The van der Waals surface area contributed by atoms with Crippen LogP contribution < -0.4 is 0 Å². The molecule has 128 valence electrons. The Labute approximate surface area is 142 Å². The molecule has 0 N–H and O–H groups in total. The summed E-state index contributed by atoms with van der Waals surface area (Å²) in [7, 11) is 0. The van der Waals surface area contributed by atoms with Gasteiger partial charge in [0, 0.05) is 12.7 Å².